The number of benzene rings is 1. The largest absolute Gasteiger partial charge is 0.494 e. The van der Waals surface area contributed by atoms with Crippen molar-refractivity contribution in [2.24, 2.45) is 5.41 Å². The maximum atomic E-state index is 10.7. The van der Waals surface area contributed by atoms with Crippen LogP contribution in [0.1, 0.15) is 57.6 Å². The van der Waals surface area contributed by atoms with Crippen LogP contribution in [0.25, 0.3) is 0 Å². The Bertz CT molecular complexity index is 363. The first-order chi connectivity index (χ1) is 8.72. The zero-order valence-electron chi connectivity index (χ0n) is 11.5. The van der Waals surface area contributed by atoms with Crippen molar-refractivity contribution in [3.05, 3.63) is 29.8 Å². The van der Waals surface area contributed by atoms with E-state index >= 15 is 0 Å². The molecule has 1 aliphatic carbocycles. The second kappa shape index (κ2) is 5.75. The van der Waals surface area contributed by atoms with Crippen molar-refractivity contribution in [1.82, 2.24) is 0 Å². The van der Waals surface area contributed by atoms with Gasteiger partial charge in [-0.1, -0.05) is 31.9 Å². The van der Waals surface area contributed by atoms with Gasteiger partial charge in [0.1, 0.15) is 5.75 Å². The summed E-state index contributed by atoms with van der Waals surface area (Å²) < 4.78 is 5.44. The van der Waals surface area contributed by atoms with Gasteiger partial charge in [0.05, 0.1) is 12.7 Å². The number of ether oxygens (including phenoxy) is 1. The molecule has 1 saturated carbocycles. The second-order valence-electron chi connectivity index (χ2n) is 5.33. The van der Waals surface area contributed by atoms with Gasteiger partial charge in [0.25, 0.3) is 0 Å². The van der Waals surface area contributed by atoms with Crippen LogP contribution in [0.15, 0.2) is 24.3 Å². The summed E-state index contributed by atoms with van der Waals surface area (Å²) in [6.45, 7) is 4.86. The van der Waals surface area contributed by atoms with Gasteiger partial charge in [-0.25, -0.2) is 0 Å². The van der Waals surface area contributed by atoms with E-state index in [0.717, 1.165) is 30.6 Å². The van der Waals surface area contributed by atoms with Crippen molar-refractivity contribution in [3.63, 3.8) is 0 Å². The molecule has 0 spiro atoms. The summed E-state index contributed by atoms with van der Waals surface area (Å²) in [4.78, 5) is 0. The Kier molecular flexibility index (Phi) is 4.28. The van der Waals surface area contributed by atoms with Gasteiger partial charge in [-0.15, -0.1) is 0 Å². The standard InChI is InChI=1S/C16H24O2/c1-3-16(11-5-6-12-16)15(17)13-7-9-14(10-8-13)18-4-2/h7-10,15,17H,3-6,11-12H2,1-2H3. The monoisotopic (exact) mass is 248 g/mol. The molecule has 0 aliphatic heterocycles. The van der Waals surface area contributed by atoms with E-state index in [1.54, 1.807) is 0 Å². The summed E-state index contributed by atoms with van der Waals surface area (Å²) in [7, 11) is 0. The van der Waals surface area contributed by atoms with Gasteiger partial charge < -0.3 is 9.84 Å². The third-order valence-electron chi connectivity index (χ3n) is 4.39. The summed E-state index contributed by atoms with van der Waals surface area (Å²) in [6, 6.07) is 7.93. The van der Waals surface area contributed by atoms with Gasteiger partial charge >= 0.3 is 0 Å². The minimum Gasteiger partial charge on any atom is -0.494 e. The molecule has 0 radical (unpaired) electrons. The Hall–Kier alpha value is -1.02. The first kappa shape index (κ1) is 13.4. The van der Waals surface area contributed by atoms with Crippen LogP contribution in [0.5, 0.6) is 5.75 Å². The van der Waals surface area contributed by atoms with Gasteiger partial charge in [-0.3, -0.25) is 0 Å². The molecule has 0 heterocycles. The van der Waals surface area contributed by atoms with Crippen LogP contribution in [-0.4, -0.2) is 11.7 Å². The lowest BCUT2D eigenvalue weighted by molar-refractivity contribution is 0.0237. The predicted octanol–water partition coefficient (Wildman–Crippen LogP) is 4.09. The van der Waals surface area contributed by atoms with Crippen LogP contribution in [0.4, 0.5) is 0 Å². The SMILES string of the molecule is CCOc1ccc(C(O)C2(CC)CCCC2)cc1. The maximum absolute atomic E-state index is 10.7. The Morgan fingerprint density at radius 1 is 1.17 bits per heavy atom. The van der Waals surface area contributed by atoms with Gasteiger partial charge in [0.15, 0.2) is 0 Å². The first-order valence-electron chi connectivity index (χ1n) is 7.12. The van der Waals surface area contributed by atoms with Crippen molar-refractivity contribution in [2.75, 3.05) is 6.61 Å². The van der Waals surface area contributed by atoms with Gasteiger partial charge in [0.2, 0.25) is 0 Å². The highest BCUT2D eigenvalue weighted by Gasteiger charge is 2.39. The Morgan fingerprint density at radius 3 is 2.28 bits per heavy atom. The average Bonchev–Trinajstić information content (AvgIpc) is 2.89. The molecule has 1 atom stereocenters. The molecule has 1 fully saturated rings. The van der Waals surface area contributed by atoms with Crippen molar-refractivity contribution >= 4 is 0 Å². The lowest BCUT2D eigenvalue weighted by Gasteiger charge is -2.33. The minimum absolute atomic E-state index is 0.104. The molecule has 18 heavy (non-hydrogen) atoms. The van der Waals surface area contributed by atoms with Crippen molar-refractivity contribution in [2.45, 2.75) is 52.1 Å². The molecule has 1 N–H and O–H groups in total. The van der Waals surface area contributed by atoms with Gasteiger partial charge in [-0.2, -0.15) is 0 Å². The van der Waals surface area contributed by atoms with Crippen molar-refractivity contribution < 1.29 is 9.84 Å². The molecule has 2 nitrogen and oxygen atoms in total. The molecule has 0 amide bonds. The summed E-state index contributed by atoms with van der Waals surface area (Å²) in [5.41, 5.74) is 1.13. The molecule has 1 aromatic carbocycles. The zero-order valence-corrected chi connectivity index (χ0v) is 11.5. The predicted molar refractivity (Wildman–Crippen MR) is 73.8 cm³/mol. The molecule has 2 heteroatoms. The van der Waals surface area contributed by atoms with E-state index in [-0.39, 0.29) is 11.5 Å². The maximum Gasteiger partial charge on any atom is 0.119 e. The lowest BCUT2D eigenvalue weighted by Crippen LogP contribution is -2.25. The van der Waals surface area contributed by atoms with Crippen LogP contribution < -0.4 is 4.74 Å². The highest BCUT2D eigenvalue weighted by Crippen LogP contribution is 2.50. The minimum atomic E-state index is -0.333. The summed E-state index contributed by atoms with van der Waals surface area (Å²) in [5, 5.41) is 10.7. The number of aliphatic hydroxyl groups is 1. The van der Waals surface area contributed by atoms with Crippen LogP contribution in [0, 0.1) is 5.41 Å². The second-order valence-corrected chi connectivity index (χ2v) is 5.33. The smallest absolute Gasteiger partial charge is 0.119 e. The fraction of sp³-hybridized carbons (Fsp3) is 0.625. The normalized spacial score (nSPS) is 19.7. The number of rotatable bonds is 5. The van der Waals surface area contributed by atoms with Crippen LogP contribution in [-0.2, 0) is 0 Å². The van der Waals surface area contributed by atoms with Crippen LogP contribution in [0.3, 0.4) is 0 Å². The molecule has 1 aromatic rings. The third kappa shape index (κ3) is 2.54. The van der Waals surface area contributed by atoms with E-state index in [4.69, 9.17) is 4.74 Å². The molecule has 100 valence electrons. The molecule has 2 rings (SSSR count). The molecular weight excluding hydrogens is 224 g/mol. The highest BCUT2D eigenvalue weighted by molar-refractivity contribution is 5.29. The lowest BCUT2D eigenvalue weighted by atomic mass is 9.75. The molecule has 0 bridgehead atoms. The zero-order chi connectivity index (χ0) is 13.0. The average molecular weight is 248 g/mol. The van der Waals surface area contributed by atoms with Crippen molar-refractivity contribution in [3.8, 4) is 5.75 Å². The Balaban J connectivity index is 2.14. The van der Waals surface area contributed by atoms with E-state index in [9.17, 15) is 5.11 Å². The van der Waals surface area contributed by atoms with E-state index in [0.29, 0.717) is 6.61 Å². The van der Waals surface area contributed by atoms with Crippen LogP contribution in [0.2, 0.25) is 0 Å². The Morgan fingerprint density at radius 2 is 1.78 bits per heavy atom. The number of hydrogen-bond donors (Lipinski definition) is 1. The van der Waals surface area contributed by atoms with Crippen LogP contribution >= 0.6 is 0 Å². The quantitative estimate of drug-likeness (QED) is 0.850. The van der Waals surface area contributed by atoms with E-state index in [1.165, 1.54) is 12.8 Å². The fourth-order valence-corrected chi connectivity index (χ4v) is 3.17. The topological polar surface area (TPSA) is 29.5 Å². The van der Waals surface area contributed by atoms with Gasteiger partial charge in [0, 0.05) is 5.41 Å². The Labute approximate surface area is 110 Å². The summed E-state index contributed by atoms with van der Waals surface area (Å²) >= 11 is 0. The third-order valence-corrected chi connectivity index (χ3v) is 4.39. The summed E-state index contributed by atoms with van der Waals surface area (Å²) in [6.07, 6.45) is 5.53. The molecule has 0 saturated heterocycles. The van der Waals surface area contributed by atoms with Crippen molar-refractivity contribution in [1.29, 1.82) is 0 Å². The van der Waals surface area contributed by atoms with Gasteiger partial charge in [-0.05, 0) is 43.9 Å². The molecular formula is C16H24O2. The molecule has 1 unspecified atom stereocenters. The summed E-state index contributed by atoms with van der Waals surface area (Å²) in [5.74, 6) is 0.880. The fourth-order valence-electron chi connectivity index (χ4n) is 3.17. The number of aliphatic hydroxyl groups excluding tert-OH is 1. The highest BCUT2D eigenvalue weighted by atomic mass is 16.5. The first-order valence-corrected chi connectivity index (χ1v) is 7.12. The number of hydrogen-bond acceptors (Lipinski definition) is 2. The van der Waals surface area contributed by atoms with E-state index < -0.39 is 0 Å². The molecule has 1 aliphatic rings. The molecule has 0 aromatic heterocycles. The van der Waals surface area contributed by atoms with E-state index in [1.807, 2.05) is 31.2 Å². The van der Waals surface area contributed by atoms with E-state index in [2.05, 4.69) is 6.92 Å².